The lowest BCUT2D eigenvalue weighted by Crippen LogP contribution is -2.09. The van der Waals surface area contributed by atoms with E-state index in [1.165, 1.54) is 0 Å². The molecule has 0 saturated heterocycles. The van der Waals surface area contributed by atoms with E-state index in [1.807, 2.05) is 50.2 Å². The molecule has 2 rings (SSSR count). The summed E-state index contributed by atoms with van der Waals surface area (Å²) >= 11 is 12.2. The highest BCUT2D eigenvalue weighted by Gasteiger charge is 2.07. The van der Waals surface area contributed by atoms with E-state index in [0.29, 0.717) is 16.6 Å². The first-order chi connectivity index (χ1) is 9.58. The van der Waals surface area contributed by atoms with Crippen LogP contribution < -0.4 is 10.1 Å². The van der Waals surface area contributed by atoms with Gasteiger partial charge in [0, 0.05) is 12.1 Å². The van der Waals surface area contributed by atoms with Gasteiger partial charge in [0.25, 0.3) is 0 Å². The maximum absolute atomic E-state index is 6.16. The molecule has 0 saturated carbocycles. The first kappa shape index (κ1) is 15.0. The molecule has 106 valence electrons. The molecule has 0 spiro atoms. The van der Waals surface area contributed by atoms with Crippen LogP contribution in [0.25, 0.3) is 0 Å². The number of rotatable bonds is 5. The summed E-state index contributed by atoms with van der Waals surface area (Å²) in [6, 6.07) is 13.5. The summed E-state index contributed by atoms with van der Waals surface area (Å²) in [6.45, 7) is 4.65. The Morgan fingerprint density at radius 3 is 2.55 bits per heavy atom. The quantitative estimate of drug-likeness (QED) is 0.799. The van der Waals surface area contributed by atoms with Gasteiger partial charge in [-0.2, -0.15) is 0 Å². The Bertz CT molecular complexity index is 584. The number of benzene rings is 2. The maximum atomic E-state index is 6.16. The van der Waals surface area contributed by atoms with Crippen molar-refractivity contribution in [3.05, 3.63) is 58.1 Å². The third-order valence-corrected chi connectivity index (χ3v) is 3.58. The van der Waals surface area contributed by atoms with Crippen molar-refractivity contribution in [2.45, 2.75) is 26.5 Å². The van der Waals surface area contributed by atoms with Gasteiger partial charge in [-0.15, -0.1) is 0 Å². The molecule has 2 aromatic rings. The van der Waals surface area contributed by atoms with Crippen molar-refractivity contribution in [3.63, 3.8) is 0 Å². The summed E-state index contributed by atoms with van der Waals surface area (Å²) in [5.41, 5.74) is 1.90. The Labute approximate surface area is 129 Å². The normalized spacial score (nSPS) is 10.7. The smallest absolute Gasteiger partial charge is 0.124 e. The Morgan fingerprint density at radius 2 is 1.80 bits per heavy atom. The molecule has 4 heteroatoms. The Kier molecular flexibility index (Phi) is 5.16. The summed E-state index contributed by atoms with van der Waals surface area (Å²) in [7, 11) is 0. The van der Waals surface area contributed by atoms with Crippen LogP contribution in [-0.2, 0) is 6.54 Å². The highest BCUT2D eigenvalue weighted by molar-refractivity contribution is 6.43. The van der Waals surface area contributed by atoms with Gasteiger partial charge in [-0.3, -0.25) is 0 Å². The number of halogens is 2. The average molecular weight is 310 g/mol. The van der Waals surface area contributed by atoms with Gasteiger partial charge in [-0.05, 0) is 32.0 Å². The topological polar surface area (TPSA) is 21.3 Å². The predicted molar refractivity (Wildman–Crippen MR) is 86.0 cm³/mol. The molecule has 0 aliphatic rings. The second kappa shape index (κ2) is 6.87. The molecule has 0 aromatic heterocycles. The molecule has 0 fully saturated rings. The molecular formula is C16H17Cl2NO. The Balaban J connectivity index is 2.13. The molecule has 0 aliphatic heterocycles. The van der Waals surface area contributed by atoms with E-state index in [4.69, 9.17) is 27.9 Å². The van der Waals surface area contributed by atoms with E-state index in [0.717, 1.165) is 17.0 Å². The zero-order chi connectivity index (χ0) is 14.5. The van der Waals surface area contributed by atoms with Crippen LogP contribution >= 0.6 is 23.2 Å². The fraction of sp³-hybridized carbons (Fsp3) is 0.250. The molecule has 0 unspecified atom stereocenters. The number of hydrogen-bond acceptors (Lipinski definition) is 2. The van der Waals surface area contributed by atoms with Crippen LogP contribution in [0.15, 0.2) is 42.5 Å². The van der Waals surface area contributed by atoms with Gasteiger partial charge in [0.15, 0.2) is 0 Å². The van der Waals surface area contributed by atoms with Crippen LogP contribution in [0.1, 0.15) is 19.4 Å². The van der Waals surface area contributed by atoms with E-state index in [-0.39, 0.29) is 6.10 Å². The van der Waals surface area contributed by atoms with E-state index >= 15 is 0 Å². The van der Waals surface area contributed by atoms with Crippen molar-refractivity contribution in [1.29, 1.82) is 0 Å². The van der Waals surface area contributed by atoms with Gasteiger partial charge < -0.3 is 10.1 Å². The zero-order valence-corrected chi connectivity index (χ0v) is 13.0. The van der Waals surface area contributed by atoms with Crippen molar-refractivity contribution >= 4 is 28.9 Å². The molecular weight excluding hydrogens is 293 g/mol. The van der Waals surface area contributed by atoms with Gasteiger partial charge in [0.1, 0.15) is 5.75 Å². The molecule has 1 N–H and O–H groups in total. The van der Waals surface area contributed by atoms with Crippen molar-refractivity contribution < 1.29 is 4.74 Å². The monoisotopic (exact) mass is 309 g/mol. The standard InChI is InChI=1S/C16H17Cl2NO/c1-11(2)20-15-9-4-3-6-12(15)10-19-14-8-5-7-13(17)16(14)18/h3-9,11,19H,10H2,1-2H3. The highest BCUT2D eigenvalue weighted by Crippen LogP contribution is 2.30. The van der Waals surface area contributed by atoms with Gasteiger partial charge in [0.05, 0.1) is 21.8 Å². The van der Waals surface area contributed by atoms with Crippen LogP contribution in [0, 0.1) is 0 Å². The van der Waals surface area contributed by atoms with E-state index in [1.54, 1.807) is 6.07 Å². The van der Waals surface area contributed by atoms with Crippen molar-refractivity contribution in [2.24, 2.45) is 0 Å². The second-order valence-electron chi connectivity index (χ2n) is 4.73. The van der Waals surface area contributed by atoms with Crippen LogP contribution in [0.4, 0.5) is 5.69 Å². The molecule has 0 aliphatic carbocycles. The molecule has 2 aromatic carbocycles. The van der Waals surface area contributed by atoms with Gasteiger partial charge >= 0.3 is 0 Å². The van der Waals surface area contributed by atoms with Gasteiger partial charge in [-0.25, -0.2) is 0 Å². The number of ether oxygens (including phenoxy) is 1. The van der Waals surface area contributed by atoms with Crippen molar-refractivity contribution in [1.82, 2.24) is 0 Å². The minimum Gasteiger partial charge on any atom is -0.491 e. The molecule has 0 bridgehead atoms. The predicted octanol–water partition coefficient (Wildman–Crippen LogP) is 5.39. The number of nitrogens with one attached hydrogen (secondary N) is 1. The summed E-state index contributed by atoms with van der Waals surface area (Å²) in [5, 5.41) is 4.37. The number of hydrogen-bond donors (Lipinski definition) is 1. The minimum atomic E-state index is 0.144. The highest BCUT2D eigenvalue weighted by atomic mass is 35.5. The second-order valence-corrected chi connectivity index (χ2v) is 5.51. The first-order valence-corrected chi connectivity index (χ1v) is 7.26. The maximum Gasteiger partial charge on any atom is 0.124 e. The zero-order valence-electron chi connectivity index (χ0n) is 11.5. The SMILES string of the molecule is CC(C)Oc1ccccc1CNc1cccc(Cl)c1Cl. The van der Waals surface area contributed by atoms with Crippen molar-refractivity contribution in [3.8, 4) is 5.75 Å². The van der Waals surface area contributed by atoms with E-state index < -0.39 is 0 Å². The Morgan fingerprint density at radius 1 is 1.05 bits per heavy atom. The van der Waals surface area contributed by atoms with Crippen LogP contribution in [0.2, 0.25) is 10.0 Å². The molecule has 2 nitrogen and oxygen atoms in total. The summed E-state index contributed by atoms with van der Waals surface area (Å²) in [4.78, 5) is 0. The number of anilines is 1. The van der Waals surface area contributed by atoms with Gasteiger partial charge in [-0.1, -0.05) is 47.5 Å². The fourth-order valence-electron chi connectivity index (χ4n) is 1.85. The minimum absolute atomic E-state index is 0.144. The summed E-state index contributed by atoms with van der Waals surface area (Å²) in [6.07, 6.45) is 0.144. The first-order valence-electron chi connectivity index (χ1n) is 6.50. The van der Waals surface area contributed by atoms with Gasteiger partial charge in [0.2, 0.25) is 0 Å². The van der Waals surface area contributed by atoms with Crippen LogP contribution in [0.3, 0.4) is 0 Å². The third-order valence-electron chi connectivity index (χ3n) is 2.76. The molecule has 20 heavy (non-hydrogen) atoms. The number of para-hydroxylation sites is 1. The fourth-order valence-corrected chi connectivity index (χ4v) is 2.22. The largest absolute Gasteiger partial charge is 0.491 e. The summed E-state index contributed by atoms with van der Waals surface area (Å²) < 4.78 is 5.79. The van der Waals surface area contributed by atoms with Crippen molar-refractivity contribution in [2.75, 3.05) is 5.32 Å². The third kappa shape index (κ3) is 3.81. The molecule has 0 radical (unpaired) electrons. The molecule has 0 atom stereocenters. The van der Waals surface area contributed by atoms with Crippen LogP contribution in [0.5, 0.6) is 5.75 Å². The lowest BCUT2D eigenvalue weighted by atomic mass is 10.2. The lowest BCUT2D eigenvalue weighted by molar-refractivity contribution is 0.240. The lowest BCUT2D eigenvalue weighted by Gasteiger charge is -2.15. The molecule has 0 heterocycles. The Hall–Kier alpha value is -1.38. The summed E-state index contributed by atoms with van der Waals surface area (Å²) in [5.74, 6) is 0.883. The van der Waals surface area contributed by atoms with E-state index in [9.17, 15) is 0 Å². The van der Waals surface area contributed by atoms with Crippen LogP contribution in [-0.4, -0.2) is 6.10 Å². The van der Waals surface area contributed by atoms with E-state index in [2.05, 4.69) is 5.32 Å². The average Bonchev–Trinajstić information content (AvgIpc) is 2.41. The molecule has 0 amide bonds.